The summed E-state index contributed by atoms with van der Waals surface area (Å²) in [6.45, 7) is 2.53. The van der Waals surface area contributed by atoms with Gasteiger partial charge in [-0.25, -0.2) is 0 Å². The molecule has 0 fully saturated rings. The fraction of sp³-hybridized carbons (Fsp3) is 0.250. The lowest BCUT2D eigenvalue weighted by Crippen LogP contribution is -2.13. The average Bonchev–Trinajstić information content (AvgIpc) is 2.59. The van der Waals surface area contributed by atoms with Crippen LogP contribution in [0.2, 0.25) is 0 Å². The molecule has 2 aromatic rings. The molecule has 0 spiro atoms. The van der Waals surface area contributed by atoms with E-state index >= 15 is 0 Å². The molecule has 0 amide bonds. The number of ether oxygens (including phenoxy) is 2. The number of ketones is 1. The molecule has 0 saturated carbocycles. The van der Waals surface area contributed by atoms with E-state index in [1.165, 1.54) is 0 Å². The summed E-state index contributed by atoms with van der Waals surface area (Å²) in [5, 5.41) is 0. The summed E-state index contributed by atoms with van der Waals surface area (Å²) in [7, 11) is 1.62. The zero-order chi connectivity index (χ0) is 16.2. The van der Waals surface area contributed by atoms with E-state index in [1.807, 2.05) is 55.5 Å². The monoisotopic (exact) mass is 308 g/mol. The third-order valence-corrected chi connectivity index (χ3v) is 4.05. The van der Waals surface area contributed by atoms with Crippen LogP contribution in [0.15, 0.2) is 48.0 Å². The molecule has 3 rings (SSSR count). The van der Waals surface area contributed by atoms with Crippen LogP contribution < -0.4 is 9.47 Å². The first-order valence-electron chi connectivity index (χ1n) is 7.87. The number of allylic oxidation sites excluding steroid dienone is 1. The highest BCUT2D eigenvalue weighted by Crippen LogP contribution is 2.31. The number of benzene rings is 2. The van der Waals surface area contributed by atoms with Crippen molar-refractivity contribution >= 4 is 11.9 Å². The summed E-state index contributed by atoms with van der Waals surface area (Å²) < 4.78 is 10.9. The maximum absolute atomic E-state index is 12.6. The zero-order valence-electron chi connectivity index (χ0n) is 13.5. The standard InChI is InChI=1S/C20H20O3/c1-3-23-18-11-8-14(13-19(18)22-2)12-16-10-9-15-6-4-5-7-17(15)20(16)21/h4-8,11-13H,3,9-10H2,1-2H3/b16-12+. The largest absolute Gasteiger partial charge is 0.493 e. The van der Waals surface area contributed by atoms with Gasteiger partial charge >= 0.3 is 0 Å². The van der Waals surface area contributed by atoms with Crippen molar-refractivity contribution in [2.24, 2.45) is 0 Å². The maximum atomic E-state index is 12.6. The van der Waals surface area contributed by atoms with Crippen molar-refractivity contribution in [3.8, 4) is 11.5 Å². The van der Waals surface area contributed by atoms with Crippen LogP contribution in [0.25, 0.3) is 6.08 Å². The van der Waals surface area contributed by atoms with Gasteiger partial charge in [0, 0.05) is 11.1 Å². The van der Waals surface area contributed by atoms with Gasteiger partial charge in [0.2, 0.25) is 0 Å². The molecule has 0 radical (unpaired) electrons. The third kappa shape index (κ3) is 3.14. The van der Waals surface area contributed by atoms with E-state index in [-0.39, 0.29) is 5.78 Å². The molecule has 23 heavy (non-hydrogen) atoms. The van der Waals surface area contributed by atoms with Crippen LogP contribution in [0.1, 0.15) is 34.8 Å². The minimum absolute atomic E-state index is 0.125. The Morgan fingerprint density at radius 2 is 1.91 bits per heavy atom. The van der Waals surface area contributed by atoms with Gasteiger partial charge in [0.25, 0.3) is 0 Å². The van der Waals surface area contributed by atoms with E-state index < -0.39 is 0 Å². The smallest absolute Gasteiger partial charge is 0.189 e. The quantitative estimate of drug-likeness (QED) is 0.790. The second-order valence-electron chi connectivity index (χ2n) is 5.50. The maximum Gasteiger partial charge on any atom is 0.189 e. The predicted molar refractivity (Wildman–Crippen MR) is 91.2 cm³/mol. The summed E-state index contributed by atoms with van der Waals surface area (Å²) >= 11 is 0. The molecule has 3 heteroatoms. The van der Waals surface area contributed by atoms with Gasteiger partial charge in [0.15, 0.2) is 17.3 Å². The first-order valence-corrected chi connectivity index (χ1v) is 7.87. The first kappa shape index (κ1) is 15.3. The number of hydrogen-bond donors (Lipinski definition) is 0. The fourth-order valence-corrected chi connectivity index (χ4v) is 2.90. The lowest BCUT2D eigenvalue weighted by Gasteiger charge is -2.17. The zero-order valence-corrected chi connectivity index (χ0v) is 13.5. The van der Waals surface area contributed by atoms with Crippen molar-refractivity contribution in [2.45, 2.75) is 19.8 Å². The van der Waals surface area contributed by atoms with Gasteiger partial charge in [-0.15, -0.1) is 0 Å². The molecule has 3 nitrogen and oxygen atoms in total. The van der Waals surface area contributed by atoms with Crippen molar-refractivity contribution in [1.29, 1.82) is 0 Å². The van der Waals surface area contributed by atoms with Crippen LogP contribution in [-0.2, 0) is 6.42 Å². The molecular formula is C20H20O3. The van der Waals surface area contributed by atoms with Gasteiger partial charge in [-0.1, -0.05) is 30.3 Å². The van der Waals surface area contributed by atoms with Crippen LogP contribution in [0.4, 0.5) is 0 Å². The Morgan fingerprint density at radius 3 is 2.70 bits per heavy atom. The van der Waals surface area contributed by atoms with Crippen molar-refractivity contribution in [3.05, 3.63) is 64.7 Å². The number of hydrogen-bond acceptors (Lipinski definition) is 3. The number of carbonyl (C=O) groups excluding carboxylic acids is 1. The van der Waals surface area contributed by atoms with Crippen LogP contribution in [-0.4, -0.2) is 19.5 Å². The van der Waals surface area contributed by atoms with Crippen molar-refractivity contribution in [1.82, 2.24) is 0 Å². The normalized spacial score (nSPS) is 15.4. The molecule has 0 N–H and O–H groups in total. The van der Waals surface area contributed by atoms with Gasteiger partial charge in [-0.2, -0.15) is 0 Å². The van der Waals surface area contributed by atoms with E-state index in [1.54, 1.807) is 7.11 Å². The third-order valence-electron chi connectivity index (χ3n) is 4.05. The number of aryl methyl sites for hydroxylation is 1. The number of rotatable bonds is 4. The summed E-state index contributed by atoms with van der Waals surface area (Å²) in [5.41, 5.74) is 3.75. The summed E-state index contributed by atoms with van der Waals surface area (Å²) in [6.07, 6.45) is 3.63. The lowest BCUT2D eigenvalue weighted by atomic mass is 9.86. The van der Waals surface area contributed by atoms with Crippen molar-refractivity contribution in [2.75, 3.05) is 13.7 Å². The van der Waals surface area contributed by atoms with E-state index in [0.29, 0.717) is 12.4 Å². The number of Topliss-reactive ketones (excluding diaryl/α,β-unsaturated/α-hetero) is 1. The molecule has 118 valence electrons. The van der Waals surface area contributed by atoms with Crippen molar-refractivity contribution in [3.63, 3.8) is 0 Å². The molecule has 0 heterocycles. The Balaban J connectivity index is 1.92. The number of fused-ring (bicyclic) bond motifs is 1. The Kier molecular flexibility index (Phi) is 4.47. The highest BCUT2D eigenvalue weighted by molar-refractivity contribution is 6.13. The van der Waals surface area contributed by atoms with Crippen LogP contribution in [0, 0.1) is 0 Å². The molecular weight excluding hydrogens is 288 g/mol. The Bertz CT molecular complexity index is 759. The molecule has 0 unspecified atom stereocenters. The summed E-state index contributed by atoms with van der Waals surface area (Å²) in [5.74, 6) is 1.53. The number of carbonyl (C=O) groups is 1. The van der Waals surface area contributed by atoms with Crippen LogP contribution in [0.3, 0.4) is 0 Å². The molecule has 1 aliphatic rings. The Morgan fingerprint density at radius 1 is 1.09 bits per heavy atom. The molecule has 0 saturated heterocycles. The molecule has 0 atom stereocenters. The molecule has 0 bridgehead atoms. The van der Waals surface area contributed by atoms with E-state index in [2.05, 4.69) is 0 Å². The number of methoxy groups -OCH3 is 1. The lowest BCUT2D eigenvalue weighted by molar-refractivity contribution is 0.102. The second kappa shape index (κ2) is 6.69. The molecule has 1 aliphatic carbocycles. The van der Waals surface area contributed by atoms with Gasteiger partial charge in [0.1, 0.15) is 0 Å². The van der Waals surface area contributed by atoms with Gasteiger partial charge in [-0.05, 0) is 49.1 Å². The Hall–Kier alpha value is -2.55. The van der Waals surface area contributed by atoms with Gasteiger partial charge in [0.05, 0.1) is 13.7 Å². The fourth-order valence-electron chi connectivity index (χ4n) is 2.90. The summed E-state index contributed by atoms with van der Waals surface area (Å²) in [6, 6.07) is 13.6. The minimum Gasteiger partial charge on any atom is -0.493 e. The highest BCUT2D eigenvalue weighted by Gasteiger charge is 2.21. The molecule has 0 aliphatic heterocycles. The van der Waals surface area contributed by atoms with E-state index in [4.69, 9.17) is 9.47 Å². The topological polar surface area (TPSA) is 35.5 Å². The van der Waals surface area contributed by atoms with E-state index in [9.17, 15) is 4.79 Å². The molecule has 2 aromatic carbocycles. The van der Waals surface area contributed by atoms with Gasteiger partial charge < -0.3 is 9.47 Å². The minimum atomic E-state index is 0.125. The SMILES string of the molecule is CCOc1ccc(/C=C2\CCc3ccccc3C2=O)cc1OC. The first-order chi connectivity index (χ1) is 11.2. The van der Waals surface area contributed by atoms with E-state index in [0.717, 1.165) is 40.9 Å². The highest BCUT2D eigenvalue weighted by atomic mass is 16.5. The molecule has 0 aromatic heterocycles. The van der Waals surface area contributed by atoms with Crippen LogP contribution in [0.5, 0.6) is 11.5 Å². The average molecular weight is 308 g/mol. The van der Waals surface area contributed by atoms with Crippen LogP contribution >= 0.6 is 0 Å². The van der Waals surface area contributed by atoms with Crippen molar-refractivity contribution < 1.29 is 14.3 Å². The predicted octanol–water partition coefficient (Wildman–Crippen LogP) is 4.31. The second-order valence-corrected chi connectivity index (χ2v) is 5.50. The van der Waals surface area contributed by atoms with Gasteiger partial charge in [-0.3, -0.25) is 4.79 Å². The summed E-state index contributed by atoms with van der Waals surface area (Å²) in [4.78, 5) is 12.6. The Labute approximate surface area is 136 Å².